The second-order valence-electron chi connectivity index (χ2n) is 6.02. The van der Waals surface area contributed by atoms with E-state index in [9.17, 15) is 14.7 Å². The highest BCUT2D eigenvalue weighted by Crippen LogP contribution is 2.24. The van der Waals surface area contributed by atoms with E-state index in [1.807, 2.05) is 37.3 Å². The average Bonchev–Trinajstić information content (AvgIpc) is 2.97. The molecule has 7 heteroatoms. The van der Waals surface area contributed by atoms with Crippen molar-refractivity contribution in [2.75, 3.05) is 13.1 Å². The van der Waals surface area contributed by atoms with Crippen molar-refractivity contribution in [3.8, 4) is 5.69 Å². The van der Waals surface area contributed by atoms with Crippen LogP contribution in [0.15, 0.2) is 36.5 Å². The number of benzene rings is 1. The maximum absolute atomic E-state index is 12.7. The summed E-state index contributed by atoms with van der Waals surface area (Å²) >= 11 is 0. The summed E-state index contributed by atoms with van der Waals surface area (Å²) in [4.78, 5) is 25.3. The minimum atomic E-state index is -1.74. The number of carboxylic acid groups (broad SMARTS) is 1. The summed E-state index contributed by atoms with van der Waals surface area (Å²) in [5, 5.41) is 23.3. The third-order valence-corrected chi connectivity index (χ3v) is 4.52. The molecule has 1 aliphatic heterocycles. The van der Waals surface area contributed by atoms with Crippen LogP contribution < -0.4 is 0 Å². The van der Waals surface area contributed by atoms with Gasteiger partial charge in [-0.2, -0.15) is 5.10 Å². The van der Waals surface area contributed by atoms with Crippen LogP contribution in [0.4, 0.5) is 0 Å². The minimum Gasteiger partial charge on any atom is -0.479 e. The van der Waals surface area contributed by atoms with Gasteiger partial charge in [-0.1, -0.05) is 18.2 Å². The Balaban J connectivity index is 1.78. The first-order chi connectivity index (χ1) is 11.4. The van der Waals surface area contributed by atoms with Gasteiger partial charge >= 0.3 is 5.97 Å². The topological polar surface area (TPSA) is 95.7 Å². The molecule has 1 amide bonds. The second-order valence-corrected chi connectivity index (χ2v) is 6.02. The van der Waals surface area contributed by atoms with Crippen molar-refractivity contribution in [1.29, 1.82) is 0 Å². The minimum absolute atomic E-state index is 0.0277. The Morgan fingerprint density at radius 3 is 2.38 bits per heavy atom. The Labute approximate surface area is 139 Å². The zero-order chi connectivity index (χ0) is 17.3. The molecule has 2 aromatic rings. The van der Waals surface area contributed by atoms with Gasteiger partial charge in [0.2, 0.25) is 0 Å². The smallest absolute Gasteiger partial charge is 0.335 e. The first-order valence-corrected chi connectivity index (χ1v) is 7.77. The van der Waals surface area contributed by atoms with Crippen molar-refractivity contribution in [1.82, 2.24) is 14.7 Å². The summed E-state index contributed by atoms with van der Waals surface area (Å²) in [6.07, 6.45) is 1.59. The van der Waals surface area contributed by atoms with E-state index in [0.29, 0.717) is 5.56 Å². The van der Waals surface area contributed by atoms with E-state index < -0.39 is 11.6 Å². The predicted octanol–water partition coefficient (Wildman–Crippen LogP) is 1.23. The lowest BCUT2D eigenvalue weighted by Gasteiger charge is -2.35. The van der Waals surface area contributed by atoms with Gasteiger partial charge in [-0.05, 0) is 19.1 Å². The van der Waals surface area contributed by atoms with Crippen molar-refractivity contribution >= 4 is 11.9 Å². The molecule has 0 radical (unpaired) electrons. The highest BCUT2D eigenvalue weighted by molar-refractivity contribution is 5.95. The van der Waals surface area contributed by atoms with E-state index in [1.165, 1.54) is 6.20 Å². The lowest BCUT2D eigenvalue weighted by Crippen LogP contribution is -2.50. The number of carboxylic acids is 1. The summed E-state index contributed by atoms with van der Waals surface area (Å²) in [5.41, 5.74) is 0.345. The molecule has 2 N–H and O–H groups in total. The maximum Gasteiger partial charge on any atom is 0.335 e. The molecule has 0 bridgehead atoms. The van der Waals surface area contributed by atoms with Gasteiger partial charge < -0.3 is 15.1 Å². The fraction of sp³-hybridized carbons (Fsp3) is 0.353. The van der Waals surface area contributed by atoms with Crippen molar-refractivity contribution in [3.05, 3.63) is 47.8 Å². The summed E-state index contributed by atoms with van der Waals surface area (Å²) in [6.45, 7) is 2.24. The normalized spacial score (nSPS) is 16.8. The van der Waals surface area contributed by atoms with E-state index in [1.54, 1.807) is 9.58 Å². The van der Waals surface area contributed by atoms with Crippen LogP contribution in [0, 0.1) is 6.92 Å². The monoisotopic (exact) mass is 329 g/mol. The number of hydrogen-bond acceptors (Lipinski definition) is 4. The number of carbonyl (C=O) groups is 2. The molecule has 0 atom stereocenters. The van der Waals surface area contributed by atoms with Crippen LogP contribution in [-0.4, -0.2) is 55.5 Å². The number of likely N-dealkylation sites (tertiary alicyclic amines) is 1. The molecule has 3 rings (SSSR count). The first kappa shape index (κ1) is 16.2. The standard InChI is InChI=1S/C17H19N3O4/c1-12-14(11-18-20(12)13-5-3-2-4-6-13)15(21)19-9-7-17(24,8-10-19)16(22)23/h2-6,11,24H,7-10H2,1H3,(H,22,23). The molecular weight excluding hydrogens is 310 g/mol. The second kappa shape index (κ2) is 6.09. The summed E-state index contributed by atoms with van der Waals surface area (Å²) in [7, 11) is 0. The number of aliphatic hydroxyl groups is 1. The molecule has 0 saturated carbocycles. The van der Waals surface area contributed by atoms with E-state index >= 15 is 0 Å². The van der Waals surface area contributed by atoms with Crippen molar-refractivity contribution < 1.29 is 19.8 Å². The van der Waals surface area contributed by atoms with Crippen molar-refractivity contribution in [3.63, 3.8) is 0 Å². The van der Waals surface area contributed by atoms with Crippen molar-refractivity contribution in [2.24, 2.45) is 0 Å². The highest BCUT2D eigenvalue weighted by atomic mass is 16.4. The Kier molecular flexibility index (Phi) is 4.11. The van der Waals surface area contributed by atoms with Gasteiger partial charge in [0.15, 0.2) is 5.60 Å². The molecule has 1 saturated heterocycles. The molecular formula is C17H19N3O4. The van der Waals surface area contributed by atoms with Gasteiger partial charge in [-0.25, -0.2) is 9.48 Å². The van der Waals surface area contributed by atoms with Crippen LogP contribution in [0.25, 0.3) is 5.69 Å². The van der Waals surface area contributed by atoms with Gasteiger partial charge in [-0.15, -0.1) is 0 Å². The van der Waals surface area contributed by atoms with Crippen LogP contribution >= 0.6 is 0 Å². The van der Waals surface area contributed by atoms with Crippen LogP contribution in [0.5, 0.6) is 0 Å². The molecule has 7 nitrogen and oxygen atoms in total. The number of para-hydroxylation sites is 1. The summed E-state index contributed by atoms with van der Waals surface area (Å²) in [5.74, 6) is -1.43. The number of piperidine rings is 1. The van der Waals surface area contributed by atoms with Crippen LogP contribution in [-0.2, 0) is 4.79 Å². The lowest BCUT2D eigenvalue weighted by atomic mass is 9.91. The maximum atomic E-state index is 12.7. The molecule has 1 aromatic heterocycles. The van der Waals surface area contributed by atoms with Crippen LogP contribution in [0.3, 0.4) is 0 Å². The lowest BCUT2D eigenvalue weighted by molar-refractivity contribution is -0.162. The van der Waals surface area contributed by atoms with Gasteiger partial charge in [0.05, 0.1) is 23.1 Å². The predicted molar refractivity (Wildman–Crippen MR) is 86.0 cm³/mol. The SMILES string of the molecule is Cc1c(C(=O)N2CCC(O)(C(=O)O)CC2)cnn1-c1ccccc1. The Morgan fingerprint density at radius 1 is 1.17 bits per heavy atom. The first-order valence-electron chi connectivity index (χ1n) is 7.77. The summed E-state index contributed by atoms with van der Waals surface area (Å²) in [6, 6.07) is 9.51. The van der Waals surface area contributed by atoms with Crippen LogP contribution in [0.1, 0.15) is 28.9 Å². The van der Waals surface area contributed by atoms with Gasteiger partial charge in [-0.3, -0.25) is 4.79 Å². The van der Waals surface area contributed by atoms with E-state index in [4.69, 9.17) is 5.11 Å². The number of hydrogen-bond donors (Lipinski definition) is 2. The zero-order valence-corrected chi connectivity index (χ0v) is 13.3. The fourth-order valence-electron chi connectivity index (χ4n) is 2.91. The molecule has 0 unspecified atom stereocenters. The average molecular weight is 329 g/mol. The molecule has 0 spiro atoms. The molecule has 2 heterocycles. The molecule has 126 valence electrons. The molecule has 1 aromatic carbocycles. The van der Waals surface area contributed by atoms with Crippen molar-refractivity contribution in [2.45, 2.75) is 25.4 Å². The number of nitrogens with zero attached hydrogens (tertiary/aromatic N) is 3. The highest BCUT2D eigenvalue weighted by Gasteiger charge is 2.40. The number of aromatic nitrogens is 2. The third-order valence-electron chi connectivity index (χ3n) is 4.52. The zero-order valence-electron chi connectivity index (χ0n) is 13.3. The Bertz CT molecular complexity index is 761. The van der Waals surface area contributed by atoms with E-state index in [0.717, 1.165) is 11.4 Å². The van der Waals surface area contributed by atoms with E-state index in [2.05, 4.69) is 5.10 Å². The molecule has 24 heavy (non-hydrogen) atoms. The molecule has 1 aliphatic rings. The summed E-state index contributed by atoms with van der Waals surface area (Å²) < 4.78 is 1.70. The Morgan fingerprint density at radius 2 is 1.79 bits per heavy atom. The van der Waals surface area contributed by atoms with Gasteiger partial charge in [0.1, 0.15) is 0 Å². The number of carbonyl (C=O) groups excluding carboxylic acids is 1. The van der Waals surface area contributed by atoms with E-state index in [-0.39, 0.29) is 31.8 Å². The van der Waals surface area contributed by atoms with Crippen LogP contribution in [0.2, 0.25) is 0 Å². The number of aliphatic carboxylic acids is 1. The number of amides is 1. The van der Waals surface area contributed by atoms with Gasteiger partial charge in [0, 0.05) is 25.9 Å². The molecule has 0 aliphatic carbocycles. The number of rotatable bonds is 3. The largest absolute Gasteiger partial charge is 0.479 e. The van der Waals surface area contributed by atoms with Gasteiger partial charge in [0.25, 0.3) is 5.91 Å². The Hall–Kier alpha value is -2.67. The molecule has 1 fully saturated rings. The fourth-order valence-corrected chi connectivity index (χ4v) is 2.91. The quantitative estimate of drug-likeness (QED) is 0.883. The third kappa shape index (κ3) is 2.78.